The topological polar surface area (TPSA) is 27.6 Å². The zero-order chi connectivity index (χ0) is 19.0. The Bertz CT molecular complexity index is 910. The van der Waals surface area contributed by atoms with Gasteiger partial charge in [0.2, 0.25) is 0 Å². The predicted octanol–water partition coefficient (Wildman–Crippen LogP) is 4.32. The van der Waals surface area contributed by atoms with E-state index in [4.69, 9.17) is 17.2 Å². The van der Waals surface area contributed by atoms with Gasteiger partial charge in [-0.2, -0.15) is 0 Å². The molecule has 138 valence electrons. The monoisotopic (exact) mass is 375 g/mol. The fraction of sp³-hybridized carbons (Fsp3) is 0.304. The summed E-state index contributed by atoms with van der Waals surface area (Å²) in [5, 5.41) is 4.04. The summed E-state index contributed by atoms with van der Waals surface area (Å²) in [4.78, 5) is 7.15. The van der Waals surface area contributed by atoms with E-state index in [1.165, 1.54) is 27.8 Å². The van der Waals surface area contributed by atoms with Crippen molar-refractivity contribution in [3.63, 3.8) is 0 Å². The van der Waals surface area contributed by atoms with E-state index in [1.807, 2.05) is 0 Å². The van der Waals surface area contributed by atoms with Gasteiger partial charge in [-0.25, -0.2) is 4.99 Å². The Kier molecular flexibility index (Phi) is 4.94. The summed E-state index contributed by atoms with van der Waals surface area (Å²) in [6.07, 6.45) is 2.26. The van der Waals surface area contributed by atoms with Crippen molar-refractivity contribution in [2.75, 3.05) is 20.1 Å². The van der Waals surface area contributed by atoms with Crippen LogP contribution in [0, 0.1) is 19.8 Å². The molecule has 1 N–H and O–H groups in total. The summed E-state index contributed by atoms with van der Waals surface area (Å²) in [6, 6.07) is 17.6. The number of thiocarbonyl (C=S) groups is 1. The lowest BCUT2D eigenvalue weighted by Crippen LogP contribution is -2.50. The fourth-order valence-electron chi connectivity index (χ4n) is 3.96. The second kappa shape index (κ2) is 7.37. The number of likely N-dealkylation sites (N-methyl/N-ethyl adjacent to an activating group) is 1. The van der Waals surface area contributed by atoms with E-state index in [0.29, 0.717) is 5.11 Å². The van der Waals surface area contributed by atoms with E-state index in [0.717, 1.165) is 18.8 Å². The summed E-state index contributed by atoms with van der Waals surface area (Å²) in [5.74, 6) is 0.287. The molecule has 2 aliphatic heterocycles. The van der Waals surface area contributed by atoms with E-state index in [2.05, 4.69) is 85.7 Å². The molecule has 2 aromatic rings. The smallest absolute Gasteiger partial charge is 0.193 e. The first-order chi connectivity index (χ1) is 13.0. The van der Waals surface area contributed by atoms with Gasteiger partial charge in [-0.3, -0.25) is 0 Å². The number of hydrogen-bond donors (Lipinski definition) is 1. The van der Waals surface area contributed by atoms with Gasteiger partial charge in [0.1, 0.15) is 0 Å². The summed E-state index contributed by atoms with van der Waals surface area (Å²) in [5.41, 5.74) is 7.43. The minimum absolute atomic E-state index is 0.162. The largest absolute Gasteiger partial charge is 0.353 e. The third-order valence-electron chi connectivity index (χ3n) is 5.39. The van der Waals surface area contributed by atoms with Gasteiger partial charge >= 0.3 is 0 Å². The van der Waals surface area contributed by atoms with Crippen LogP contribution in [0.2, 0.25) is 0 Å². The van der Waals surface area contributed by atoms with Crippen LogP contribution in [-0.2, 0) is 0 Å². The highest BCUT2D eigenvalue weighted by Crippen LogP contribution is 2.33. The minimum Gasteiger partial charge on any atom is -0.353 e. The fourth-order valence-corrected chi connectivity index (χ4v) is 4.19. The maximum Gasteiger partial charge on any atom is 0.193 e. The third kappa shape index (κ3) is 3.87. The maximum absolute atomic E-state index is 5.50. The van der Waals surface area contributed by atoms with E-state index in [9.17, 15) is 0 Å². The highest BCUT2D eigenvalue weighted by atomic mass is 32.1. The maximum atomic E-state index is 5.50. The van der Waals surface area contributed by atoms with Gasteiger partial charge in [0.05, 0.1) is 11.8 Å². The number of nitrogens with one attached hydrogen (secondary N) is 1. The van der Waals surface area contributed by atoms with Crippen molar-refractivity contribution in [2.45, 2.75) is 19.9 Å². The number of rotatable bonds is 2. The molecule has 1 fully saturated rings. The van der Waals surface area contributed by atoms with Gasteiger partial charge < -0.3 is 10.2 Å². The molecule has 0 saturated carbocycles. The number of benzene rings is 2. The lowest BCUT2D eigenvalue weighted by Gasteiger charge is -2.41. The quantitative estimate of drug-likeness (QED) is 0.792. The Morgan fingerprint density at radius 3 is 2.33 bits per heavy atom. The lowest BCUT2D eigenvalue weighted by molar-refractivity contribution is 0.287. The molecule has 2 heterocycles. The van der Waals surface area contributed by atoms with Crippen LogP contribution in [0.5, 0.6) is 0 Å². The zero-order valence-corrected chi connectivity index (χ0v) is 16.9. The Labute approximate surface area is 166 Å². The standard InChI is InChI=1S/C23H25N3S/c1-15-4-8-17(9-5-15)12-19-13-26(3)14-20-21(24-23(27)25-22(19)20)18-10-6-16(2)7-11-18/h4-12,20-21H,13-14H2,1-3H3,(H,24,27)/b19-12-. The highest BCUT2D eigenvalue weighted by molar-refractivity contribution is 7.80. The Balaban J connectivity index is 1.73. The number of likely N-dealkylation sites (tertiary alicyclic amines) is 1. The molecule has 2 unspecified atom stereocenters. The molecule has 1 saturated heterocycles. The summed E-state index contributed by atoms with van der Waals surface area (Å²) in [6.45, 7) is 6.10. The van der Waals surface area contributed by atoms with Gasteiger partial charge in [-0.05, 0) is 55.9 Å². The average Bonchev–Trinajstić information content (AvgIpc) is 2.64. The Morgan fingerprint density at radius 2 is 1.67 bits per heavy atom. The first-order valence-electron chi connectivity index (χ1n) is 9.41. The molecule has 3 nitrogen and oxygen atoms in total. The molecule has 0 radical (unpaired) electrons. The van der Waals surface area contributed by atoms with Gasteiger partial charge in [0.25, 0.3) is 0 Å². The van der Waals surface area contributed by atoms with E-state index in [1.54, 1.807) is 0 Å². The number of aryl methyl sites for hydroxylation is 2. The second-order valence-corrected chi connectivity index (χ2v) is 8.11. The van der Waals surface area contributed by atoms with Crippen molar-refractivity contribution < 1.29 is 0 Å². The zero-order valence-electron chi connectivity index (χ0n) is 16.1. The molecule has 4 rings (SSSR count). The van der Waals surface area contributed by atoms with E-state index < -0.39 is 0 Å². The van der Waals surface area contributed by atoms with E-state index >= 15 is 0 Å². The normalized spacial score (nSPS) is 24.3. The molecule has 0 bridgehead atoms. The molecular formula is C23H25N3S. The van der Waals surface area contributed by atoms with Crippen molar-refractivity contribution in [1.29, 1.82) is 0 Å². The molecule has 0 spiro atoms. The number of piperidine rings is 1. The van der Waals surface area contributed by atoms with Crippen molar-refractivity contribution in [2.24, 2.45) is 10.9 Å². The van der Waals surface area contributed by atoms with Crippen LogP contribution in [0.3, 0.4) is 0 Å². The summed E-state index contributed by atoms with van der Waals surface area (Å²) < 4.78 is 0. The molecule has 0 amide bonds. The van der Waals surface area contributed by atoms with Gasteiger partial charge in [0, 0.05) is 19.0 Å². The number of aliphatic imine (C=N–C) groups is 1. The van der Waals surface area contributed by atoms with Gasteiger partial charge in [0.15, 0.2) is 5.11 Å². The third-order valence-corrected chi connectivity index (χ3v) is 5.60. The van der Waals surface area contributed by atoms with Crippen molar-refractivity contribution in [3.05, 3.63) is 76.4 Å². The van der Waals surface area contributed by atoms with Crippen molar-refractivity contribution in [1.82, 2.24) is 10.2 Å². The molecular weight excluding hydrogens is 350 g/mol. The number of hydrogen-bond acceptors (Lipinski definition) is 2. The predicted molar refractivity (Wildman–Crippen MR) is 117 cm³/mol. The molecule has 2 aliphatic rings. The molecule has 2 aromatic carbocycles. The molecule has 2 atom stereocenters. The Morgan fingerprint density at radius 1 is 1.04 bits per heavy atom. The molecule has 0 aromatic heterocycles. The van der Waals surface area contributed by atoms with E-state index in [-0.39, 0.29) is 12.0 Å². The molecule has 27 heavy (non-hydrogen) atoms. The summed E-state index contributed by atoms with van der Waals surface area (Å²) >= 11 is 5.50. The van der Waals surface area contributed by atoms with Crippen molar-refractivity contribution >= 4 is 29.1 Å². The van der Waals surface area contributed by atoms with Crippen LogP contribution < -0.4 is 5.32 Å². The van der Waals surface area contributed by atoms with Gasteiger partial charge in [-0.1, -0.05) is 59.7 Å². The van der Waals surface area contributed by atoms with Crippen LogP contribution in [-0.4, -0.2) is 35.9 Å². The first-order valence-corrected chi connectivity index (χ1v) is 9.82. The second-order valence-electron chi connectivity index (χ2n) is 7.72. The average molecular weight is 376 g/mol. The number of nitrogens with zero attached hydrogens (tertiary/aromatic N) is 2. The minimum atomic E-state index is 0.162. The molecule has 4 heteroatoms. The van der Waals surface area contributed by atoms with Crippen LogP contribution in [0.15, 0.2) is 59.1 Å². The highest BCUT2D eigenvalue weighted by Gasteiger charge is 2.37. The first kappa shape index (κ1) is 18.1. The van der Waals surface area contributed by atoms with Gasteiger partial charge in [-0.15, -0.1) is 0 Å². The lowest BCUT2D eigenvalue weighted by atomic mass is 9.81. The van der Waals surface area contributed by atoms with Crippen LogP contribution in [0.4, 0.5) is 0 Å². The van der Waals surface area contributed by atoms with Crippen molar-refractivity contribution in [3.8, 4) is 0 Å². The SMILES string of the molecule is Cc1ccc(/C=C2/CN(C)CC3C2=NC(=S)NC3c2ccc(C)cc2)cc1. The van der Waals surface area contributed by atoms with Crippen LogP contribution in [0.25, 0.3) is 6.08 Å². The Hall–Kier alpha value is -2.30. The van der Waals surface area contributed by atoms with Crippen LogP contribution >= 0.6 is 12.2 Å². The molecule has 0 aliphatic carbocycles. The summed E-state index contributed by atoms with van der Waals surface area (Å²) in [7, 11) is 2.18. The number of fused-ring (bicyclic) bond motifs is 1. The van der Waals surface area contributed by atoms with Crippen LogP contribution in [0.1, 0.15) is 28.3 Å².